The van der Waals surface area contributed by atoms with Crippen LogP contribution >= 0.6 is 0 Å². The zero-order valence-electron chi connectivity index (χ0n) is 12.7. The summed E-state index contributed by atoms with van der Waals surface area (Å²) in [5, 5.41) is 0. The summed E-state index contributed by atoms with van der Waals surface area (Å²) in [6.07, 6.45) is -0.344. The number of carbonyl (C=O) groups excluding carboxylic acids is 3. The number of carbonyl (C=O) groups is 3. The summed E-state index contributed by atoms with van der Waals surface area (Å²) < 4.78 is 17.2. The van der Waals surface area contributed by atoms with Crippen molar-refractivity contribution < 1.29 is 28.6 Å². The van der Waals surface area contributed by atoms with E-state index in [2.05, 4.69) is 4.98 Å². The molecule has 1 aromatic heterocycles. The fourth-order valence-corrected chi connectivity index (χ4v) is 2.36. The number of esters is 2. The molecule has 1 aromatic rings. The first kappa shape index (κ1) is 16.7. The van der Waals surface area contributed by atoms with Gasteiger partial charge in [0, 0.05) is 20.3 Å². The molecule has 0 saturated carbocycles. The molecular formula is C13H18N4O6. The fourth-order valence-electron chi connectivity index (χ4n) is 2.36. The summed E-state index contributed by atoms with van der Waals surface area (Å²) in [4.78, 5) is 37.2. The Morgan fingerprint density at radius 3 is 2.61 bits per heavy atom. The van der Waals surface area contributed by atoms with Gasteiger partial charge in [0.05, 0.1) is 12.4 Å². The number of rotatable bonds is 5. The van der Waals surface area contributed by atoms with Crippen LogP contribution in [0, 0.1) is 0 Å². The van der Waals surface area contributed by atoms with E-state index in [9.17, 15) is 14.4 Å². The molecule has 126 valence electrons. The Balaban J connectivity index is 2.20. The fraction of sp³-hybridized carbons (Fsp3) is 0.538. The van der Waals surface area contributed by atoms with E-state index in [1.807, 2.05) is 0 Å². The number of nitrogen functional groups attached to an aromatic ring is 1. The van der Waals surface area contributed by atoms with Crippen molar-refractivity contribution in [1.29, 1.82) is 0 Å². The number of nitrogens with two attached hydrogens (primary N) is 2. The minimum atomic E-state index is -0.792. The second-order valence-corrected chi connectivity index (χ2v) is 5.08. The number of imidazole rings is 1. The van der Waals surface area contributed by atoms with Gasteiger partial charge in [-0.05, 0) is 0 Å². The zero-order valence-corrected chi connectivity index (χ0v) is 12.7. The van der Waals surface area contributed by atoms with Gasteiger partial charge in [-0.25, -0.2) is 4.98 Å². The second kappa shape index (κ2) is 6.65. The summed E-state index contributed by atoms with van der Waals surface area (Å²) in [6.45, 7) is 2.56. The summed E-state index contributed by atoms with van der Waals surface area (Å²) in [5.74, 6) is -1.71. The number of amides is 1. The number of nitrogens with zero attached hydrogens (tertiary/aromatic N) is 2. The molecule has 0 bridgehead atoms. The maximum Gasteiger partial charge on any atom is 0.303 e. The smallest absolute Gasteiger partial charge is 0.303 e. The lowest BCUT2D eigenvalue weighted by Gasteiger charge is -2.20. The number of ether oxygens (including phenoxy) is 3. The first-order chi connectivity index (χ1) is 10.8. The first-order valence-electron chi connectivity index (χ1n) is 6.87. The SMILES string of the molecule is CC(=O)OC[C@@H]1C[C@@H](OC(C)=O)[C@H](n2cnc(C(N)=O)c2N)O1. The van der Waals surface area contributed by atoms with Crippen LogP contribution in [0.4, 0.5) is 5.82 Å². The molecule has 2 heterocycles. The van der Waals surface area contributed by atoms with E-state index in [-0.39, 0.29) is 18.1 Å². The molecule has 2 rings (SSSR count). The minimum Gasteiger partial charge on any atom is -0.463 e. The van der Waals surface area contributed by atoms with Crippen LogP contribution in [0.3, 0.4) is 0 Å². The monoisotopic (exact) mass is 326 g/mol. The van der Waals surface area contributed by atoms with Gasteiger partial charge in [-0.2, -0.15) is 0 Å². The maximum absolute atomic E-state index is 11.3. The van der Waals surface area contributed by atoms with Crippen LogP contribution in [-0.4, -0.2) is 46.2 Å². The Labute approximate surface area is 131 Å². The van der Waals surface area contributed by atoms with E-state index < -0.39 is 36.3 Å². The van der Waals surface area contributed by atoms with Gasteiger partial charge in [0.1, 0.15) is 18.5 Å². The third-order valence-electron chi connectivity index (χ3n) is 3.27. The minimum absolute atomic E-state index is 0.00721. The van der Waals surface area contributed by atoms with Gasteiger partial charge in [0.15, 0.2) is 11.9 Å². The van der Waals surface area contributed by atoms with Crippen LogP contribution in [-0.2, 0) is 23.8 Å². The molecular weight excluding hydrogens is 308 g/mol. The highest BCUT2D eigenvalue weighted by atomic mass is 16.6. The maximum atomic E-state index is 11.3. The molecule has 1 aliphatic heterocycles. The van der Waals surface area contributed by atoms with E-state index in [4.69, 9.17) is 25.7 Å². The Bertz CT molecular complexity index is 628. The molecule has 23 heavy (non-hydrogen) atoms. The molecule has 0 aromatic carbocycles. The lowest BCUT2D eigenvalue weighted by Crippen LogP contribution is -2.25. The highest BCUT2D eigenvalue weighted by molar-refractivity contribution is 5.95. The summed E-state index contributed by atoms with van der Waals surface area (Å²) >= 11 is 0. The van der Waals surface area contributed by atoms with E-state index in [1.165, 1.54) is 24.7 Å². The normalized spacial score (nSPS) is 23.5. The van der Waals surface area contributed by atoms with Crippen molar-refractivity contribution in [2.45, 2.75) is 38.7 Å². The Morgan fingerprint density at radius 2 is 2.09 bits per heavy atom. The van der Waals surface area contributed by atoms with Crippen LogP contribution in [0.25, 0.3) is 0 Å². The second-order valence-electron chi connectivity index (χ2n) is 5.08. The van der Waals surface area contributed by atoms with Crippen LogP contribution in [0.5, 0.6) is 0 Å². The third-order valence-corrected chi connectivity index (χ3v) is 3.27. The Hall–Kier alpha value is -2.62. The first-order valence-corrected chi connectivity index (χ1v) is 6.87. The average molecular weight is 326 g/mol. The highest BCUT2D eigenvalue weighted by Gasteiger charge is 2.40. The van der Waals surface area contributed by atoms with E-state index in [0.717, 1.165) is 0 Å². The van der Waals surface area contributed by atoms with Gasteiger partial charge in [-0.15, -0.1) is 0 Å². The van der Waals surface area contributed by atoms with Gasteiger partial charge >= 0.3 is 11.9 Å². The topological polar surface area (TPSA) is 149 Å². The molecule has 0 unspecified atom stereocenters. The molecule has 0 spiro atoms. The summed E-state index contributed by atoms with van der Waals surface area (Å²) in [7, 11) is 0. The molecule has 3 atom stereocenters. The largest absolute Gasteiger partial charge is 0.463 e. The van der Waals surface area contributed by atoms with Crippen molar-refractivity contribution in [2.75, 3.05) is 12.3 Å². The number of primary amides is 1. The van der Waals surface area contributed by atoms with Gasteiger partial charge in [0.2, 0.25) is 0 Å². The van der Waals surface area contributed by atoms with E-state index in [1.54, 1.807) is 0 Å². The Kier molecular flexibility index (Phi) is 4.84. The molecule has 10 nitrogen and oxygen atoms in total. The highest BCUT2D eigenvalue weighted by Crippen LogP contribution is 2.33. The molecule has 10 heteroatoms. The van der Waals surface area contributed by atoms with Crippen LogP contribution in [0.2, 0.25) is 0 Å². The van der Waals surface area contributed by atoms with E-state index >= 15 is 0 Å². The van der Waals surface area contributed by atoms with Gasteiger partial charge < -0.3 is 25.7 Å². The van der Waals surface area contributed by atoms with Crippen molar-refractivity contribution in [3.05, 3.63) is 12.0 Å². The molecule has 0 radical (unpaired) electrons. The number of hydrogen-bond acceptors (Lipinski definition) is 8. The van der Waals surface area contributed by atoms with Gasteiger partial charge in [0.25, 0.3) is 5.91 Å². The van der Waals surface area contributed by atoms with Crippen LogP contribution in [0.15, 0.2) is 6.33 Å². The zero-order chi connectivity index (χ0) is 17.1. The van der Waals surface area contributed by atoms with Crippen LogP contribution in [0.1, 0.15) is 37.0 Å². The van der Waals surface area contributed by atoms with Crippen molar-refractivity contribution in [2.24, 2.45) is 5.73 Å². The Morgan fingerprint density at radius 1 is 1.39 bits per heavy atom. The third kappa shape index (κ3) is 3.77. The van der Waals surface area contributed by atoms with E-state index in [0.29, 0.717) is 6.42 Å². The summed E-state index contributed by atoms with van der Waals surface area (Å²) in [5.41, 5.74) is 10.9. The lowest BCUT2D eigenvalue weighted by molar-refractivity contribution is -0.152. The number of aromatic nitrogens is 2. The molecule has 1 amide bonds. The molecule has 1 fully saturated rings. The van der Waals surface area contributed by atoms with Crippen molar-refractivity contribution in [3.8, 4) is 0 Å². The predicted molar refractivity (Wildman–Crippen MR) is 75.9 cm³/mol. The number of anilines is 1. The van der Waals surface area contributed by atoms with Gasteiger partial charge in [-0.3, -0.25) is 19.0 Å². The molecule has 0 aliphatic carbocycles. The van der Waals surface area contributed by atoms with Crippen molar-refractivity contribution in [3.63, 3.8) is 0 Å². The predicted octanol–water partition coefficient (Wildman–Crippen LogP) is -0.653. The summed E-state index contributed by atoms with van der Waals surface area (Å²) in [6, 6.07) is 0. The quantitative estimate of drug-likeness (QED) is 0.678. The van der Waals surface area contributed by atoms with Crippen molar-refractivity contribution >= 4 is 23.7 Å². The average Bonchev–Trinajstić information content (AvgIpc) is 2.99. The molecule has 1 aliphatic rings. The van der Waals surface area contributed by atoms with Gasteiger partial charge in [-0.1, -0.05) is 0 Å². The molecule has 1 saturated heterocycles. The van der Waals surface area contributed by atoms with Crippen molar-refractivity contribution in [1.82, 2.24) is 9.55 Å². The molecule has 4 N–H and O–H groups in total. The lowest BCUT2D eigenvalue weighted by atomic mass is 10.2. The van der Waals surface area contributed by atoms with Crippen LogP contribution < -0.4 is 11.5 Å². The standard InChI is InChI=1S/C13H18N4O6/c1-6(18)21-4-8-3-9(22-7(2)19)13(23-8)17-5-16-10(11(17)14)12(15)20/h5,8-9,13H,3-4,14H2,1-2H3,(H2,15,20)/t8-,9+,13+/m0/s1. The number of hydrogen-bond donors (Lipinski definition) is 2.